The summed E-state index contributed by atoms with van der Waals surface area (Å²) < 4.78 is 0. The van der Waals surface area contributed by atoms with E-state index in [4.69, 9.17) is 23.2 Å². The highest BCUT2D eigenvalue weighted by molar-refractivity contribution is 14.0. The van der Waals surface area contributed by atoms with Crippen molar-refractivity contribution in [1.82, 2.24) is 15.2 Å². The van der Waals surface area contributed by atoms with Crippen LogP contribution in [0, 0.1) is 6.92 Å². The third-order valence-corrected chi connectivity index (χ3v) is 4.98. The lowest BCUT2D eigenvalue weighted by Gasteiger charge is -2.22. The van der Waals surface area contributed by atoms with Crippen molar-refractivity contribution in [2.45, 2.75) is 19.9 Å². The molecule has 24 heavy (non-hydrogen) atoms. The van der Waals surface area contributed by atoms with Crippen LogP contribution >= 0.6 is 58.5 Å². The minimum absolute atomic E-state index is 0. The van der Waals surface area contributed by atoms with Crippen LogP contribution in [0.25, 0.3) is 0 Å². The number of hydrogen-bond acceptors (Lipinski definition) is 3. The van der Waals surface area contributed by atoms with Crippen LogP contribution in [-0.2, 0) is 13.0 Å². The molecule has 0 spiro atoms. The second-order valence-electron chi connectivity index (χ2n) is 5.19. The minimum atomic E-state index is 0. The van der Waals surface area contributed by atoms with Crippen molar-refractivity contribution in [3.63, 3.8) is 0 Å². The Labute approximate surface area is 174 Å². The SMILES string of the molecule is CN=C(NCCc1ncc(C)s1)N(C)Cc1ccc(Cl)c(Cl)c1.I. The van der Waals surface area contributed by atoms with E-state index in [0.717, 1.165) is 29.5 Å². The molecule has 1 aromatic heterocycles. The highest BCUT2D eigenvalue weighted by Crippen LogP contribution is 2.23. The molecule has 0 radical (unpaired) electrons. The lowest BCUT2D eigenvalue weighted by Crippen LogP contribution is -2.39. The first kappa shape index (κ1) is 21.5. The molecule has 0 unspecified atom stereocenters. The van der Waals surface area contributed by atoms with Crippen molar-refractivity contribution in [2.24, 2.45) is 4.99 Å². The zero-order valence-corrected chi connectivity index (χ0v) is 18.5. The number of benzene rings is 1. The maximum atomic E-state index is 6.06. The zero-order valence-electron chi connectivity index (χ0n) is 13.8. The van der Waals surface area contributed by atoms with Gasteiger partial charge in [-0.15, -0.1) is 35.3 Å². The normalized spacial score (nSPS) is 11.1. The van der Waals surface area contributed by atoms with Crippen LogP contribution < -0.4 is 5.32 Å². The largest absolute Gasteiger partial charge is 0.356 e. The van der Waals surface area contributed by atoms with Crippen LogP contribution in [0.3, 0.4) is 0 Å². The molecule has 0 saturated heterocycles. The quantitative estimate of drug-likeness (QED) is 0.371. The van der Waals surface area contributed by atoms with Gasteiger partial charge in [0.25, 0.3) is 0 Å². The van der Waals surface area contributed by atoms with Crippen LogP contribution in [-0.4, -0.2) is 36.5 Å². The molecule has 8 heteroatoms. The van der Waals surface area contributed by atoms with Crippen LogP contribution in [0.15, 0.2) is 29.4 Å². The number of aliphatic imine (C=N–C) groups is 1. The van der Waals surface area contributed by atoms with Crippen molar-refractivity contribution in [1.29, 1.82) is 0 Å². The average molecular weight is 499 g/mol. The Kier molecular flexibility index (Phi) is 9.33. The van der Waals surface area contributed by atoms with Gasteiger partial charge in [0.2, 0.25) is 0 Å². The third kappa shape index (κ3) is 6.38. The van der Waals surface area contributed by atoms with Gasteiger partial charge in [-0.25, -0.2) is 4.98 Å². The fraction of sp³-hybridized carbons (Fsp3) is 0.375. The van der Waals surface area contributed by atoms with Crippen molar-refractivity contribution in [3.05, 3.63) is 49.9 Å². The number of aromatic nitrogens is 1. The molecule has 1 aromatic carbocycles. The summed E-state index contributed by atoms with van der Waals surface area (Å²) in [5, 5.41) is 5.63. The van der Waals surface area contributed by atoms with Crippen LogP contribution in [0.5, 0.6) is 0 Å². The number of hydrogen-bond donors (Lipinski definition) is 1. The lowest BCUT2D eigenvalue weighted by molar-refractivity contribution is 0.477. The first-order valence-electron chi connectivity index (χ1n) is 7.26. The molecule has 0 atom stereocenters. The van der Waals surface area contributed by atoms with Crippen molar-refractivity contribution in [3.8, 4) is 0 Å². The highest BCUT2D eigenvalue weighted by atomic mass is 127. The summed E-state index contributed by atoms with van der Waals surface area (Å²) in [4.78, 5) is 12.0. The molecule has 0 bridgehead atoms. The summed E-state index contributed by atoms with van der Waals surface area (Å²) in [7, 11) is 3.77. The van der Waals surface area contributed by atoms with Gasteiger partial charge in [-0.05, 0) is 24.6 Å². The molecule has 0 saturated carbocycles. The van der Waals surface area contributed by atoms with Crippen molar-refractivity contribution < 1.29 is 0 Å². The van der Waals surface area contributed by atoms with Crippen LogP contribution in [0.1, 0.15) is 15.4 Å². The van der Waals surface area contributed by atoms with E-state index in [-0.39, 0.29) is 24.0 Å². The Balaban J connectivity index is 0.00000288. The van der Waals surface area contributed by atoms with E-state index in [9.17, 15) is 0 Å². The van der Waals surface area contributed by atoms with Crippen molar-refractivity contribution in [2.75, 3.05) is 20.6 Å². The van der Waals surface area contributed by atoms with E-state index < -0.39 is 0 Å². The number of halogens is 3. The first-order valence-corrected chi connectivity index (χ1v) is 8.84. The number of thiazole rings is 1. The van der Waals surface area contributed by atoms with Gasteiger partial charge in [0.05, 0.1) is 15.1 Å². The average Bonchev–Trinajstić information content (AvgIpc) is 2.93. The van der Waals surface area contributed by atoms with E-state index in [1.807, 2.05) is 36.3 Å². The topological polar surface area (TPSA) is 40.5 Å². The van der Waals surface area contributed by atoms with Gasteiger partial charge in [-0.2, -0.15) is 0 Å². The maximum Gasteiger partial charge on any atom is 0.193 e. The predicted octanol–water partition coefficient (Wildman–Crippen LogP) is 4.63. The summed E-state index contributed by atoms with van der Waals surface area (Å²) >= 11 is 13.7. The van der Waals surface area contributed by atoms with Gasteiger partial charge in [0.1, 0.15) is 0 Å². The molecule has 0 aliphatic heterocycles. The summed E-state index contributed by atoms with van der Waals surface area (Å²) in [5.41, 5.74) is 1.08. The molecular formula is C16H21Cl2IN4S. The number of nitrogens with zero attached hydrogens (tertiary/aromatic N) is 3. The second-order valence-corrected chi connectivity index (χ2v) is 7.33. The fourth-order valence-electron chi connectivity index (χ4n) is 2.17. The fourth-order valence-corrected chi connectivity index (χ4v) is 3.28. The van der Waals surface area contributed by atoms with Gasteiger partial charge in [-0.1, -0.05) is 29.3 Å². The maximum absolute atomic E-state index is 6.06. The highest BCUT2D eigenvalue weighted by Gasteiger charge is 2.08. The van der Waals surface area contributed by atoms with Crippen LogP contribution in [0.2, 0.25) is 10.0 Å². The molecule has 0 aliphatic rings. The number of rotatable bonds is 5. The second kappa shape index (κ2) is 10.4. The molecule has 0 aliphatic carbocycles. The standard InChI is InChI=1S/C16H20Cl2N4S.HI/c1-11-9-21-15(23-11)6-7-20-16(19-2)22(3)10-12-4-5-13(17)14(18)8-12;/h4-5,8-9H,6-7,10H2,1-3H3,(H,19,20);1H. The number of guanidine groups is 1. The molecule has 0 amide bonds. The summed E-state index contributed by atoms with van der Waals surface area (Å²) in [5.74, 6) is 0.837. The Hall–Kier alpha value is -0.570. The Morgan fingerprint density at radius 1 is 1.33 bits per heavy atom. The predicted molar refractivity (Wildman–Crippen MR) is 115 cm³/mol. The molecule has 2 aromatic rings. The molecular weight excluding hydrogens is 478 g/mol. The van der Waals surface area contributed by atoms with Gasteiger partial charge in [0, 0.05) is 44.7 Å². The van der Waals surface area contributed by atoms with Gasteiger partial charge >= 0.3 is 0 Å². The summed E-state index contributed by atoms with van der Waals surface area (Å²) in [6.07, 6.45) is 2.80. The molecule has 0 fully saturated rings. The van der Waals surface area contributed by atoms with E-state index in [1.54, 1.807) is 18.4 Å². The van der Waals surface area contributed by atoms with E-state index in [1.165, 1.54) is 4.88 Å². The summed E-state index contributed by atoms with van der Waals surface area (Å²) in [6, 6.07) is 5.66. The van der Waals surface area contributed by atoms with E-state index >= 15 is 0 Å². The summed E-state index contributed by atoms with van der Waals surface area (Å²) in [6.45, 7) is 3.57. The minimum Gasteiger partial charge on any atom is -0.356 e. The smallest absolute Gasteiger partial charge is 0.193 e. The molecule has 2 rings (SSSR count). The molecule has 132 valence electrons. The third-order valence-electron chi connectivity index (χ3n) is 3.27. The van der Waals surface area contributed by atoms with Gasteiger partial charge in [-0.3, -0.25) is 4.99 Å². The molecule has 4 nitrogen and oxygen atoms in total. The lowest BCUT2D eigenvalue weighted by atomic mass is 10.2. The number of nitrogens with one attached hydrogen (secondary N) is 1. The Morgan fingerprint density at radius 3 is 2.67 bits per heavy atom. The molecule has 1 heterocycles. The Bertz CT molecular complexity index is 690. The van der Waals surface area contributed by atoms with Crippen LogP contribution in [0.4, 0.5) is 0 Å². The van der Waals surface area contributed by atoms with Crippen molar-refractivity contribution >= 4 is 64.5 Å². The Morgan fingerprint density at radius 2 is 2.08 bits per heavy atom. The first-order chi connectivity index (χ1) is 11.0. The van der Waals surface area contributed by atoms with E-state index in [0.29, 0.717) is 16.6 Å². The van der Waals surface area contributed by atoms with E-state index in [2.05, 4.69) is 22.2 Å². The van der Waals surface area contributed by atoms with Gasteiger partial charge < -0.3 is 10.2 Å². The zero-order chi connectivity index (χ0) is 16.8. The number of aryl methyl sites for hydroxylation is 1. The van der Waals surface area contributed by atoms with Gasteiger partial charge in [0.15, 0.2) is 5.96 Å². The monoisotopic (exact) mass is 498 g/mol. The molecule has 1 N–H and O–H groups in total.